The molecule has 1 saturated carbocycles. The summed E-state index contributed by atoms with van der Waals surface area (Å²) in [6, 6.07) is 1.58. The van der Waals surface area contributed by atoms with Crippen molar-refractivity contribution >= 4 is 5.91 Å². The highest BCUT2D eigenvalue weighted by atomic mass is 16.5. The summed E-state index contributed by atoms with van der Waals surface area (Å²) in [4.78, 5) is 11.8. The molecule has 1 aromatic heterocycles. The summed E-state index contributed by atoms with van der Waals surface area (Å²) in [5.41, 5.74) is -0.276. The SMILES string of the molecule is Cc1cc(C(=O)NC(C)(CO)C2CC2)no1. The molecule has 0 spiro atoms. The third kappa shape index (κ3) is 2.09. The van der Waals surface area contributed by atoms with Crippen LogP contribution in [0.5, 0.6) is 0 Å². The van der Waals surface area contributed by atoms with E-state index in [1.54, 1.807) is 13.0 Å². The Morgan fingerprint density at radius 3 is 2.88 bits per heavy atom. The number of nitrogens with one attached hydrogen (secondary N) is 1. The van der Waals surface area contributed by atoms with E-state index in [1.165, 1.54) is 0 Å². The molecule has 88 valence electrons. The van der Waals surface area contributed by atoms with Gasteiger partial charge in [0.25, 0.3) is 5.91 Å². The Morgan fingerprint density at radius 1 is 1.75 bits per heavy atom. The summed E-state index contributed by atoms with van der Waals surface area (Å²) in [7, 11) is 0. The molecule has 1 amide bonds. The minimum Gasteiger partial charge on any atom is -0.394 e. The molecule has 1 fully saturated rings. The van der Waals surface area contributed by atoms with Crippen LogP contribution in [0.1, 0.15) is 36.0 Å². The van der Waals surface area contributed by atoms with Crippen molar-refractivity contribution in [2.75, 3.05) is 6.61 Å². The van der Waals surface area contributed by atoms with Gasteiger partial charge < -0.3 is 14.9 Å². The van der Waals surface area contributed by atoms with Crippen LogP contribution >= 0.6 is 0 Å². The van der Waals surface area contributed by atoms with E-state index in [0.29, 0.717) is 11.7 Å². The Morgan fingerprint density at radius 2 is 2.44 bits per heavy atom. The zero-order valence-corrected chi connectivity index (χ0v) is 9.49. The fourth-order valence-corrected chi connectivity index (χ4v) is 1.79. The highest BCUT2D eigenvalue weighted by Gasteiger charge is 2.42. The molecule has 0 aliphatic heterocycles. The first-order chi connectivity index (χ1) is 7.55. The third-order valence-corrected chi connectivity index (χ3v) is 3.07. The molecule has 0 bridgehead atoms. The molecule has 5 nitrogen and oxygen atoms in total. The predicted molar refractivity (Wildman–Crippen MR) is 56.9 cm³/mol. The number of hydrogen-bond donors (Lipinski definition) is 2. The Hall–Kier alpha value is -1.36. The van der Waals surface area contributed by atoms with Gasteiger partial charge in [-0.1, -0.05) is 5.16 Å². The largest absolute Gasteiger partial charge is 0.394 e. The highest BCUT2D eigenvalue weighted by Crippen LogP contribution is 2.39. The van der Waals surface area contributed by atoms with E-state index in [0.717, 1.165) is 12.8 Å². The molecule has 0 radical (unpaired) electrons. The molecule has 16 heavy (non-hydrogen) atoms. The van der Waals surface area contributed by atoms with Crippen LogP contribution in [-0.2, 0) is 0 Å². The zero-order chi connectivity index (χ0) is 11.8. The fraction of sp³-hybridized carbons (Fsp3) is 0.636. The maximum atomic E-state index is 11.8. The minimum absolute atomic E-state index is 0.0553. The lowest BCUT2D eigenvalue weighted by molar-refractivity contribution is 0.0815. The van der Waals surface area contributed by atoms with Gasteiger partial charge in [0.1, 0.15) is 5.76 Å². The average molecular weight is 224 g/mol. The number of aryl methyl sites for hydroxylation is 1. The normalized spacial score (nSPS) is 19.2. The molecule has 1 unspecified atom stereocenters. The second-order valence-electron chi connectivity index (χ2n) is 4.63. The smallest absolute Gasteiger partial charge is 0.273 e. The maximum Gasteiger partial charge on any atom is 0.273 e. The Balaban J connectivity index is 2.06. The molecule has 5 heteroatoms. The van der Waals surface area contributed by atoms with Gasteiger partial charge in [-0.15, -0.1) is 0 Å². The van der Waals surface area contributed by atoms with Gasteiger partial charge in [0.05, 0.1) is 12.1 Å². The van der Waals surface area contributed by atoms with Gasteiger partial charge in [0, 0.05) is 6.07 Å². The standard InChI is InChI=1S/C11H16N2O3/c1-7-5-9(13-16-7)10(15)12-11(2,6-14)8-3-4-8/h5,8,14H,3-4,6H2,1-2H3,(H,12,15). The van der Waals surface area contributed by atoms with Crippen LogP contribution in [0.3, 0.4) is 0 Å². The van der Waals surface area contributed by atoms with Gasteiger partial charge in [-0.05, 0) is 32.6 Å². The number of rotatable bonds is 4. The zero-order valence-electron chi connectivity index (χ0n) is 9.49. The number of carbonyl (C=O) groups is 1. The Labute approximate surface area is 93.8 Å². The number of nitrogens with zero attached hydrogens (tertiary/aromatic N) is 1. The van der Waals surface area contributed by atoms with Crippen LogP contribution in [0.4, 0.5) is 0 Å². The van der Waals surface area contributed by atoms with Crippen LogP contribution in [0, 0.1) is 12.8 Å². The number of carbonyl (C=O) groups excluding carboxylic acids is 1. The highest BCUT2D eigenvalue weighted by molar-refractivity contribution is 5.92. The number of hydrogen-bond acceptors (Lipinski definition) is 4. The summed E-state index contributed by atoms with van der Waals surface area (Å²) < 4.78 is 4.84. The van der Waals surface area contributed by atoms with E-state index in [9.17, 15) is 9.90 Å². The van der Waals surface area contributed by atoms with Crippen molar-refractivity contribution in [3.8, 4) is 0 Å². The number of amides is 1. The summed E-state index contributed by atoms with van der Waals surface area (Å²) in [5, 5.41) is 15.8. The lowest BCUT2D eigenvalue weighted by atomic mass is 9.97. The van der Waals surface area contributed by atoms with E-state index >= 15 is 0 Å². The molecule has 1 aliphatic carbocycles. The number of aliphatic hydroxyl groups is 1. The molecule has 1 aliphatic rings. The fourth-order valence-electron chi connectivity index (χ4n) is 1.79. The minimum atomic E-state index is -0.538. The van der Waals surface area contributed by atoms with Crippen LogP contribution in [0.25, 0.3) is 0 Å². The van der Waals surface area contributed by atoms with Gasteiger partial charge in [-0.3, -0.25) is 4.79 Å². The summed E-state index contributed by atoms with van der Waals surface area (Å²) >= 11 is 0. The van der Waals surface area contributed by atoms with Gasteiger partial charge in [0.2, 0.25) is 0 Å². The molecule has 1 aromatic rings. The van der Waals surface area contributed by atoms with Crippen LogP contribution in [0.15, 0.2) is 10.6 Å². The molecular weight excluding hydrogens is 208 g/mol. The lowest BCUT2D eigenvalue weighted by Gasteiger charge is -2.28. The molecule has 0 saturated heterocycles. The first-order valence-corrected chi connectivity index (χ1v) is 5.42. The second-order valence-corrected chi connectivity index (χ2v) is 4.63. The van der Waals surface area contributed by atoms with E-state index in [1.807, 2.05) is 6.92 Å². The topological polar surface area (TPSA) is 75.4 Å². The molecule has 2 N–H and O–H groups in total. The van der Waals surface area contributed by atoms with Crippen molar-refractivity contribution < 1.29 is 14.4 Å². The first kappa shape index (κ1) is 11.1. The molecular formula is C11H16N2O3. The van der Waals surface area contributed by atoms with Gasteiger partial charge in [0.15, 0.2) is 5.69 Å². The number of aromatic nitrogens is 1. The van der Waals surface area contributed by atoms with Crippen molar-refractivity contribution in [3.05, 3.63) is 17.5 Å². The summed E-state index contributed by atoms with van der Waals surface area (Å²) in [5.74, 6) is 0.678. The summed E-state index contributed by atoms with van der Waals surface area (Å²) in [6.07, 6.45) is 2.10. The van der Waals surface area contributed by atoms with Gasteiger partial charge in [-0.25, -0.2) is 0 Å². The van der Waals surface area contributed by atoms with E-state index in [2.05, 4.69) is 10.5 Å². The van der Waals surface area contributed by atoms with Crippen molar-refractivity contribution in [1.82, 2.24) is 10.5 Å². The quantitative estimate of drug-likeness (QED) is 0.795. The molecule has 2 rings (SSSR count). The van der Waals surface area contributed by atoms with Crippen LogP contribution in [-0.4, -0.2) is 28.3 Å². The van der Waals surface area contributed by atoms with Crippen molar-refractivity contribution in [3.63, 3.8) is 0 Å². The van der Waals surface area contributed by atoms with Crippen LogP contribution < -0.4 is 5.32 Å². The maximum absolute atomic E-state index is 11.8. The van der Waals surface area contributed by atoms with Crippen LogP contribution in [0.2, 0.25) is 0 Å². The average Bonchev–Trinajstić information content (AvgIpc) is 3.02. The Bertz CT molecular complexity index is 398. The summed E-state index contributed by atoms with van der Waals surface area (Å²) in [6.45, 7) is 3.53. The molecule has 1 heterocycles. The van der Waals surface area contributed by atoms with E-state index < -0.39 is 5.54 Å². The molecule has 0 aromatic carbocycles. The predicted octanol–water partition coefficient (Wildman–Crippen LogP) is 0.874. The van der Waals surface area contributed by atoms with Gasteiger partial charge >= 0.3 is 0 Å². The van der Waals surface area contributed by atoms with Gasteiger partial charge in [-0.2, -0.15) is 0 Å². The van der Waals surface area contributed by atoms with E-state index in [4.69, 9.17) is 4.52 Å². The van der Waals surface area contributed by atoms with E-state index in [-0.39, 0.29) is 18.2 Å². The lowest BCUT2D eigenvalue weighted by Crippen LogP contribution is -2.50. The van der Waals surface area contributed by atoms with Crippen molar-refractivity contribution in [2.45, 2.75) is 32.2 Å². The first-order valence-electron chi connectivity index (χ1n) is 5.42. The third-order valence-electron chi connectivity index (χ3n) is 3.07. The number of aliphatic hydroxyl groups excluding tert-OH is 1. The Kier molecular flexibility index (Phi) is 2.71. The second kappa shape index (κ2) is 3.90. The monoisotopic (exact) mass is 224 g/mol. The van der Waals surface area contributed by atoms with Crippen molar-refractivity contribution in [2.24, 2.45) is 5.92 Å². The molecule has 1 atom stereocenters. The van der Waals surface area contributed by atoms with Crippen molar-refractivity contribution in [1.29, 1.82) is 0 Å².